The smallest absolute Gasteiger partial charge is 0.123 e. The van der Waals surface area contributed by atoms with E-state index in [4.69, 9.17) is 15.5 Å². The molecule has 2 N–H and O–H groups in total. The molecule has 4 heteroatoms. The molecule has 0 radical (unpaired) electrons. The largest absolute Gasteiger partial charge is 0.366 e. The van der Waals surface area contributed by atoms with Gasteiger partial charge >= 0.3 is 0 Å². The highest BCUT2D eigenvalue weighted by molar-refractivity contribution is 7.18. The summed E-state index contributed by atoms with van der Waals surface area (Å²) in [6, 6.07) is 6.31. The summed E-state index contributed by atoms with van der Waals surface area (Å²) < 4.78 is 7.14. The van der Waals surface area contributed by atoms with Gasteiger partial charge in [0.2, 0.25) is 0 Å². The maximum Gasteiger partial charge on any atom is 0.123 e. The van der Waals surface area contributed by atoms with Crippen molar-refractivity contribution in [1.82, 2.24) is 4.98 Å². The second kappa shape index (κ2) is 4.37. The lowest BCUT2D eigenvalue weighted by Crippen LogP contribution is -2.18. The molecule has 1 aliphatic heterocycles. The van der Waals surface area contributed by atoms with Crippen LogP contribution in [0.15, 0.2) is 18.2 Å². The number of ether oxygens (including phenoxy) is 1. The fraction of sp³-hybridized carbons (Fsp3) is 0.462. The van der Waals surface area contributed by atoms with Crippen molar-refractivity contribution in [1.29, 1.82) is 0 Å². The number of hydrogen-bond donors (Lipinski definition) is 1. The van der Waals surface area contributed by atoms with Crippen LogP contribution in [0.4, 0.5) is 0 Å². The summed E-state index contributed by atoms with van der Waals surface area (Å²) in [5.74, 6) is 0. The Morgan fingerprint density at radius 3 is 3.06 bits per heavy atom. The summed E-state index contributed by atoms with van der Waals surface area (Å²) in [6.07, 6.45) is 2.46. The molecule has 1 saturated heterocycles. The first-order chi connectivity index (χ1) is 8.28. The molecule has 3 nitrogen and oxygen atoms in total. The average Bonchev–Trinajstić information content (AvgIpc) is 2.95. The Hall–Kier alpha value is -0.970. The minimum absolute atomic E-state index is 0.153. The van der Waals surface area contributed by atoms with E-state index in [-0.39, 0.29) is 12.2 Å². The monoisotopic (exact) mass is 248 g/mol. The fourth-order valence-corrected chi connectivity index (χ4v) is 3.42. The number of nitrogens with two attached hydrogens (primary N) is 1. The Morgan fingerprint density at radius 2 is 2.35 bits per heavy atom. The summed E-state index contributed by atoms with van der Waals surface area (Å²) >= 11 is 1.74. The van der Waals surface area contributed by atoms with E-state index >= 15 is 0 Å². The van der Waals surface area contributed by atoms with Crippen molar-refractivity contribution in [2.24, 2.45) is 5.73 Å². The van der Waals surface area contributed by atoms with Crippen LogP contribution < -0.4 is 5.73 Å². The van der Waals surface area contributed by atoms with Crippen molar-refractivity contribution in [3.8, 4) is 0 Å². The summed E-state index contributed by atoms with van der Waals surface area (Å²) in [7, 11) is 0. The third-order valence-corrected chi connectivity index (χ3v) is 4.40. The number of para-hydroxylation sites is 1. The molecule has 3 rings (SSSR count). The Kier molecular flexibility index (Phi) is 2.86. The third-order valence-electron chi connectivity index (χ3n) is 3.28. The number of benzene rings is 1. The van der Waals surface area contributed by atoms with Crippen LogP contribution in [0.25, 0.3) is 10.2 Å². The van der Waals surface area contributed by atoms with Crippen molar-refractivity contribution in [3.05, 3.63) is 28.8 Å². The predicted molar refractivity (Wildman–Crippen MR) is 70.3 cm³/mol. The Labute approximate surface area is 105 Å². The molecule has 2 heterocycles. The van der Waals surface area contributed by atoms with Gasteiger partial charge in [0.05, 0.1) is 16.3 Å². The Morgan fingerprint density at radius 1 is 1.47 bits per heavy atom. The van der Waals surface area contributed by atoms with Crippen LogP contribution in [0.1, 0.15) is 29.5 Å². The van der Waals surface area contributed by atoms with Gasteiger partial charge in [-0.1, -0.05) is 12.1 Å². The van der Waals surface area contributed by atoms with Crippen LogP contribution in [0.5, 0.6) is 0 Å². The van der Waals surface area contributed by atoms with Gasteiger partial charge in [-0.15, -0.1) is 11.3 Å². The molecule has 2 atom stereocenters. The molecular formula is C13H16N2OS. The minimum atomic E-state index is 0.153. The zero-order chi connectivity index (χ0) is 11.8. The first-order valence-corrected chi connectivity index (χ1v) is 6.81. The van der Waals surface area contributed by atoms with E-state index in [0.717, 1.165) is 23.4 Å². The second-order valence-electron chi connectivity index (χ2n) is 4.53. The topological polar surface area (TPSA) is 48.1 Å². The summed E-state index contributed by atoms with van der Waals surface area (Å²) in [5.41, 5.74) is 7.98. The van der Waals surface area contributed by atoms with Crippen molar-refractivity contribution < 1.29 is 4.74 Å². The molecule has 0 saturated carbocycles. The molecule has 1 aliphatic rings. The van der Waals surface area contributed by atoms with Crippen LogP contribution in [-0.4, -0.2) is 17.6 Å². The molecule has 1 aromatic carbocycles. The van der Waals surface area contributed by atoms with Crippen LogP contribution in [0.3, 0.4) is 0 Å². The summed E-state index contributed by atoms with van der Waals surface area (Å²) in [5, 5.41) is 1.10. The van der Waals surface area contributed by atoms with E-state index in [1.54, 1.807) is 11.3 Å². The third kappa shape index (κ3) is 1.97. The Bertz CT molecular complexity index is 537. The SMILES string of the molecule is Cc1cccc2sc(C3CCC(CN)O3)nc12. The Balaban J connectivity index is 1.94. The van der Waals surface area contributed by atoms with Crippen LogP contribution in [0.2, 0.25) is 0 Å². The number of fused-ring (bicyclic) bond motifs is 1. The molecule has 1 fully saturated rings. The van der Waals surface area contributed by atoms with Gasteiger partial charge < -0.3 is 10.5 Å². The molecule has 0 amide bonds. The maximum atomic E-state index is 5.89. The number of aromatic nitrogens is 1. The number of aryl methyl sites for hydroxylation is 1. The zero-order valence-corrected chi connectivity index (χ0v) is 10.7. The molecule has 2 aromatic rings. The lowest BCUT2D eigenvalue weighted by Gasteiger charge is -2.08. The minimum Gasteiger partial charge on any atom is -0.366 e. The number of nitrogens with zero attached hydrogens (tertiary/aromatic N) is 1. The van der Waals surface area contributed by atoms with E-state index in [2.05, 4.69) is 25.1 Å². The van der Waals surface area contributed by atoms with Gasteiger partial charge in [-0.3, -0.25) is 0 Å². The molecule has 0 aliphatic carbocycles. The summed E-state index contributed by atoms with van der Waals surface area (Å²) in [4.78, 5) is 4.72. The predicted octanol–water partition coefficient (Wildman–Crippen LogP) is 2.78. The van der Waals surface area contributed by atoms with E-state index in [1.165, 1.54) is 10.3 Å². The van der Waals surface area contributed by atoms with E-state index < -0.39 is 0 Å². The van der Waals surface area contributed by atoms with E-state index in [0.29, 0.717) is 6.54 Å². The fourth-order valence-electron chi connectivity index (χ4n) is 2.30. The number of hydrogen-bond acceptors (Lipinski definition) is 4. The first kappa shape index (κ1) is 11.1. The van der Waals surface area contributed by atoms with Gasteiger partial charge in [-0.2, -0.15) is 0 Å². The van der Waals surface area contributed by atoms with Crippen molar-refractivity contribution in [3.63, 3.8) is 0 Å². The van der Waals surface area contributed by atoms with Crippen molar-refractivity contribution in [2.75, 3.05) is 6.54 Å². The van der Waals surface area contributed by atoms with E-state index in [1.807, 2.05) is 0 Å². The normalized spacial score (nSPS) is 24.6. The van der Waals surface area contributed by atoms with Crippen LogP contribution in [-0.2, 0) is 4.74 Å². The number of thiazole rings is 1. The van der Waals surface area contributed by atoms with Gasteiger partial charge in [-0.25, -0.2) is 4.98 Å². The molecule has 17 heavy (non-hydrogen) atoms. The van der Waals surface area contributed by atoms with Gasteiger partial charge in [0, 0.05) is 6.54 Å². The molecule has 2 unspecified atom stereocenters. The quantitative estimate of drug-likeness (QED) is 0.889. The highest BCUT2D eigenvalue weighted by atomic mass is 32.1. The van der Waals surface area contributed by atoms with Gasteiger partial charge in [0.15, 0.2) is 0 Å². The van der Waals surface area contributed by atoms with E-state index in [9.17, 15) is 0 Å². The molecular weight excluding hydrogens is 232 g/mol. The van der Waals surface area contributed by atoms with Crippen molar-refractivity contribution >= 4 is 21.6 Å². The zero-order valence-electron chi connectivity index (χ0n) is 9.85. The van der Waals surface area contributed by atoms with Gasteiger partial charge in [0.1, 0.15) is 11.1 Å². The lowest BCUT2D eigenvalue weighted by molar-refractivity contribution is 0.0498. The number of rotatable bonds is 2. The standard InChI is InChI=1S/C13H16N2OS/c1-8-3-2-4-11-12(8)15-13(17-11)10-6-5-9(7-14)16-10/h2-4,9-10H,5-7,14H2,1H3. The summed E-state index contributed by atoms with van der Waals surface area (Å²) in [6.45, 7) is 2.71. The first-order valence-electron chi connectivity index (χ1n) is 5.99. The lowest BCUT2D eigenvalue weighted by atomic mass is 10.2. The highest BCUT2D eigenvalue weighted by Crippen LogP contribution is 2.37. The average molecular weight is 248 g/mol. The molecule has 90 valence electrons. The molecule has 0 spiro atoms. The maximum absolute atomic E-state index is 5.89. The highest BCUT2D eigenvalue weighted by Gasteiger charge is 2.27. The molecule has 0 bridgehead atoms. The molecule has 1 aromatic heterocycles. The van der Waals surface area contributed by atoms with Gasteiger partial charge in [-0.05, 0) is 31.4 Å². The van der Waals surface area contributed by atoms with Gasteiger partial charge in [0.25, 0.3) is 0 Å². The second-order valence-corrected chi connectivity index (χ2v) is 5.60. The van der Waals surface area contributed by atoms with Crippen LogP contribution >= 0.6 is 11.3 Å². The van der Waals surface area contributed by atoms with Crippen molar-refractivity contribution in [2.45, 2.75) is 32.0 Å². The van der Waals surface area contributed by atoms with Crippen LogP contribution in [0, 0.1) is 6.92 Å².